The van der Waals surface area contributed by atoms with Crippen LogP contribution in [0.15, 0.2) is 9.59 Å². The fourth-order valence-corrected chi connectivity index (χ4v) is 2.10. The number of aromatic nitrogens is 2. The highest BCUT2D eigenvalue weighted by atomic mass is 16.5. The van der Waals surface area contributed by atoms with Gasteiger partial charge in [0.15, 0.2) is 0 Å². The molecule has 0 saturated carbocycles. The Morgan fingerprint density at radius 3 is 2.94 bits per heavy atom. The zero-order valence-electron chi connectivity index (χ0n) is 10.4. The summed E-state index contributed by atoms with van der Waals surface area (Å²) in [6, 6.07) is 0.0601. The fourth-order valence-electron chi connectivity index (χ4n) is 2.10. The molecule has 1 aliphatic rings. The van der Waals surface area contributed by atoms with Crippen LogP contribution in [0.5, 0.6) is 0 Å². The van der Waals surface area contributed by atoms with E-state index in [1.54, 1.807) is 6.92 Å². The summed E-state index contributed by atoms with van der Waals surface area (Å²) in [5.41, 5.74) is 5.15. The van der Waals surface area contributed by atoms with Crippen molar-refractivity contribution >= 4 is 11.5 Å². The Morgan fingerprint density at radius 1 is 1.56 bits per heavy atom. The molecule has 0 radical (unpaired) electrons. The number of anilines is 2. The van der Waals surface area contributed by atoms with Gasteiger partial charge in [-0.3, -0.25) is 14.3 Å². The normalized spacial score (nSPS) is 19.7. The SMILES string of the molecule is CCn1c(N)c(NC2CCCOC2)c(=O)[nH]c1=O. The van der Waals surface area contributed by atoms with E-state index in [2.05, 4.69) is 10.3 Å². The summed E-state index contributed by atoms with van der Waals surface area (Å²) in [4.78, 5) is 25.5. The number of rotatable bonds is 3. The predicted octanol–water partition coefficient (Wildman–Crippen LogP) is -0.270. The molecule has 1 fully saturated rings. The van der Waals surface area contributed by atoms with E-state index in [9.17, 15) is 9.59 Å². The van der Waals surface area contributed by atoms with Crippen LogP contribution in [0.2, 0.25) is 0 Å². The third-order valence-electron chi connectivity index (χ3n) is 3.06. The fraction of sp³-hybridized carbons (Fsp3) is 0.636. The quantitative estimate of drug-likeness (QED) is 0.689. The van der Waals surface area contributed by atoms with Gasteiger partial charge in [-0.25, -0.2) is 4.79 Å². The number of nitrogen functional groups attached to an aromatic ring is 1. The number of aromatic amines is 1. The number of hydrogen-bond acceptors (Lipinski definition) is 5. The first kappa shape index (κ1) is 12.7. The molecule has 0 spiro atoms. The van der Waals surface area contributed by atoms with Gasteiger partial charge < -0.3 is 15.8 Å². The Labute approximate surface area is 104 Å². The van der Waals surface area contributed by atoms with Crippen molar-refractivity contribution < 1.29 is 4.74 Å². The molecule has 1 aromatic heterocycles. The van der Waals surface area contributed by atoms with E-state index < -0.39 is 11.2 Å². The Hall–Kier alpha value is -1.76. The van der Waals surface area contributed by atoms with E-state index in [-0.39, 0.29) is 17.5 Å². The average Bonchev–Trinajstić information content (AvgIpc) is 2.36. The first-order chi connectivity index (χ1) is 8.63. The standard InChI is InChI=1S/C11H18N4O3/c1-2-15-9(12)8(10(16)14-11(15)17)13-7-4-3-5-18-6-7/h7,13H,2-6,12H2,1H3,(H,14,16,17). The smallest absolute Gasteiger partial charge is 0.330 e. The zero-order chi connectivity index (χ0) is 13.1. The molecule has 0 amide bonds. The van der Waals surface area contributed by atoms with Crippen LogP contribution in [-0.4, -0.2) is 28.8 Å². The van der Waals surface area contributed by atoms with Crippen LogP contribution in [0.4, 0.5) is 11.5 Å². The summed E-state index contributed by atoms with van der Waals surface area (Å²) in [5.74, 6) is 0.178. The highest BCUT2D eigenvalue weighted by molar-refractivity contribution is 5.60. The number of H-pyrrole nitrogens is 1. The second-order valence-corrected chi connectivity index (χ2v) is 4.32. The van der Waals surface area contributed by atoms with Crippen LogP contribution >= 0.6 is 0 Å². The Morgan fingerprint density at radius 2 is 2.33 bits per heavy atom. The number of nitrogens with zero attached hydrogens (tertiary/aromatic N) is 1. The van der Waals surface area contributed by atoms with E-state index in [0.717, 1.165) is 19.4 Å². The molecule has 18 heavy (non-hydrogen) atoms. The summed E-state index contributed by atoms with van der Waals surface area (Å²) in [6.45, 7) is 3.50. The van der Waals surface area contributed by atoms with Crippen molar-refractivity contribution in [2.45, 2.75) is 32.4 Å². The van der Waals surface area contributed by atoms with Crippen molar-refractivity contribution in [1.29, 1.82) is 0 Å². The predicted molar refractivity (Wildman–Crippen MR) is 68.9 cm³/mol. The van der Waals surface area contributed by atoms with Crippen molar-refractivity contribution in [3.05, 3.63) is 20.8 Å². The van der Waals surface area contributed by atoms with Gasteiger partial charge in [-0.15, -0.1) is 0 Å². The summed E-state index contributed by atoms with van der Waals surface area (Å²) >= 11 is 0. The van der Waals surface area contributed by atoms with Crippen LogP contribution in [0.1, 0.15) is 19.8 Å². The van der Waals surface area contributed by atoms with Gasteiger partial charge in [0.1, 0.15) is 11.5 Å². The third-order valence-corrected chi connectivity index (χ3v) is 3.06. The molecule has 2 rings (SSSR count). The maximum absolute atomic E-state index is 11.8. The Kier molecular flexibility index (Phi) is 3.71. The van der Waals surface area contributed by atoms with E-state index in [1.165, 1.54) is 4.57 Å². The number of nitrogens with two attached hydrogens (primary N) is 1. The molecule has 0 bridgehead atoms. The lowest BCUT2D eigenvalue weighted by atomic mass is 10.1. The number of ether oxygens (including phenoxy) is 1. The molecule has 2 heterocycles. The first-order valence-electron chi connectivity index (χ1n) is 6.10. The summed E-state index contributed by atoms with van der Waals surface area (Å²) in [5, 5.41) is 3.07. The van der Waals surface area contributed by atoms with Gasteiger partial charge >= 0.3 is 5.69 Å². The van der Waals surface area contributed by atoms with Gasteiger partial charge in [-0.1, -0.05) is 0 Å². The Bertz CT molecular complexity index is 528. The maximum Gasteiger partial charge on any atom is 0.330 e. The van der Waals surface area contributed by atoms with Crippen molar-refractivity contribution in [3.8, 4) is 0 Å². The largest absolute Gasteiger partial charge is 0.383 e. The molecule has 1 unspecified atom stereocenters. The third kappa shape index (κ3) is 2.40. The lowest BCUT2D eigenvalue weighted by Crippen LogP contribution is -2.37. The second-order valence-electron chi connectivity index (χ2n) is 4.32. The van der Waals surface area contributed by atoms with Crippen molar-refractivity contribution in [1.82, 2.24) is 9.55 Å². The summed E-state index contributed by atoms with van der Waals surface area (Å²) < 4.78 is 6.66. The summed E-state index contributed by atoms with van der Waals surface area (Å²) in [7, 11) is 0. The molecule has 0 aromatic carbocycles. The zero-order valence-corrected chi connectivity index (χ0v) is 10.4. The van der Waals surface area contributed by atoms with Gasteiger partial charge in [0.25, 0.3) is 5.56 Å². The monoisotopic (exact) mass is 254 g/mol. The highest BCUT2D eigenvalue weighted by Crippen LogP contribution is 2.15. The van der Waals surface area contributed by atoms with E-state index in [4.69, 9.17) is 10.5 Å². The minimum Gasteiger partial charge on any atom is -0.383 e. The average molecular weight is 254 g/mol. The molecule has 0 aliphatic carbocycles. The first-order valence-corrected chi connectivity index (χ1v) is 6.10. The second kappa shape index (κ2) is 5.26. The minimum atomic E-state index is -0.481. The van der Waals surface area contributed by atoms with Crippen LogP contribution in [0.25, 0.3) is 0 Å². The summed E-state index contributed by atoms with van der Waals surface area (Å²) in [6.07, 6.45) is 1.87. The molecule has 7 heteroatoms. The lowest BCUT2D eigenvalue weighted by molar-refractivity contribution is 0.0876. The number of hydrogen-bond donors (Lipinski definition) is 3. The van der Waals surface area contributed by atoms with Gasteiger partial charge in [0.05, 0.1) is 6.61 Å². The molecular formula is C11H18N4O3. The minimum absolute atomic E-state index is 0.0601. The van der Waals surface area contributed by atoms with E-state index in [0.29, 0.717) is 13.2 Å². The highest BCUT2D eigenvalue weighted by Gasteiger charge is 2.18. The molecule has 1 aliphatic heterocycles. The van der Waals surface area contributed by atoms with Gasteiger partial charge in [-0.2, -0.15) is 0 Å². The number of nitrogens with one attached hydrogen (secondary N) is 2. The molecule has 1 atom stereocenters. The van der Waals surface area contributed by atoms with Crippen LogP contribution in [0.3, 0.4) is 0 Å². The van der Waals surface area contributed by atoms with E-state index >= 15 is 0 Å². The molecule has 7 nitrogen and oxygen atoms in total. The molecule has 1 saturated heterocycles. The van der Waals surface area contributed by atoms with Gasteiger partial charge in [-0.05, 0) is 19.8 Å². The van der Waals surface area contributed by atoms with Crippen LogP contribution in [0, 0.1) is 0 Å². The van der Waals surface area contributed by atoms with Crippen LogP contribution in [-0.2, 0) is 11.3 Å². The van der Waals surface area contributed by atoms with Crippen LogP contribution < -0.4 is 22.3 Å². The van der Waals surface area contributed by atoms with Crippen molar-refractivity contribution in [3.63, 3.8) is 0 Å². The topological polar surface area (TPSA) is 102 Å². The molecule has 100 valence electrons. The maximum atomic E-state index is 11.8. The van der Waals surface area contributed by atoms with Crippen molar-refractivity contribution in [2.75, 3.05) is 24.3 Å². The molecule has 4 N–H and O–H groups in total. The lowest BCUT2D eigenvalue weighted by Gasteiger charge is -2.24. The Balaban J connectivity index is 2.32. The van der Waals surface area contributed by atoms with Gasteiger partial charge in [0, 0.05) is 19.2 Å². The van der Waals surface area contributed by atoms with Crippen molar-refractivity contribution in [2.24, 2.45) is 0 Å². The molecule has 1 aromatic rings. The van der Waals surface area contributed by atoms with Gasteiger partial charge in [0.2, 0.25) is 0 Å². The molecular weight excluding hydrogens is 236 g/mol. The van der Waals surface area contributed by atoms with E-state index in [1.807, 2.05) is 0 Å².